The van der Waals surface area contributed by atoms with Gasteiger partial charge in [-0.3, -0.25) is 0 Å². The van der Waals surface area contributed by atoms with Crippen LogP contribution in [0.1, 0.15) is 40.0 Å². The van der Waals surface area contributed by atoms with E-state index in [9.17, 15) is 0 Å². The first-order chi connectivity index (χ1) is 6.68. The zero-order valence-electron chi connectivity index (χ0n) is 9.32. The van der Waals surface area contributed by atoms with Crippen molar-refractivity contribution in [3.63, 3.8) is 0 Å². The Kier molecular flexibility index (Phi) is 11.6. The molecule has 0 atom stereocenters. The van der Waals surface area contributed by atoms with Crippen LogP contribution in [0.3, 0.4) is 0 Å². The fraction of sp³-hybridized carbons (Fsp3) is 1.00. The molecule has 86 valence electrons. The van der Waals surface area contributed by atoms with E-state index in [4.69, 9.17) is 0 Å². The van der Waals surface area contributed by atoms with Crippen LogP contribution in [0.5, 0.6) is 0 Å². The Hall–Kier alpha value is 2.00. The molecule has 0 N–H and O–H groups in total. The van der Waals surface area contributed by atoms with E-state index < -0.39 is 3.11 Å². The Bertz CT molecular complexity index is 147. The molecule has 0 rings (SSSR count). The molecule has 0 aromatic heterocycles. The van der Waals surface area contributed by atoms with E-state index in [1.54, 1.807) is 0 Å². The van der Waals surface area contributed by atoms with E-state index in [1.165, 1.54) is 36.5 Å². The van der Waals surface area contributed by atoms with E-state index in [0.29, 0.717) is 0 Å². The zero-order valence-corrected chi connectivity index (χ0v) is 14.4. The Balaban J connectivity index is 3.97. The molecule has 5 heteroatoms. The maximum absolute atomic E-state index is 3.50. The van der Waals surface area contributed by atoms with Crippen molar-refractivity contribution in [2.24, 2.45) is 0 Å². The summed E-state index contributed by atoms with van der Waals surface area (Å²) in [6.45, 7) is 6.81. The SMILES string of the molecule is CCCSP(=[Se])(SCCC)SCCC. The van der Waals surface area contributed by atoms with Gasteiger partial charge in [-0.25, -0.2) is 0 Å². The van der Waals surface area contributed by atoms with Gasteiger partial charge >= 0.3 is 110 Å². The molecule has 0 unspecified atom stereocenters. The van der Waals surface area contributed by atoms with Crippen molar-refractivity contribution < 1.29 is 0 Å². The van der Waals surface area contributed by atoms with Crippen molar-refractivity contribution in [3.8, 4) is 0 Å². The summed E-state index contributed by atoms with van der Waals surface area (Å²) in [5, 5.41) is 0. The summed E-state index contributed by atoms with van der Waals surface area (Å²) in [6, 6.07) is 0. The van der Waals surface area contributed by atoms with Crippen molar-refractivity contribution >= 4 is 52.4 Å². The first-order valence-corrected chi connectivity index (χ1v) is 14.0. The molecule has 0 aromatic carbocycles. The van der Waals surface area contributed by atoms with Crippen LogP contribution in [0.15, 0.2) is 0 Å². The third kappa shape index (κ3) is 8.19. The summed E-state index contributed by atoms with van der Waals surface area (Å²) in [5.74, 6) is 3.94. The van der Waals surface area contributed by atoms with Gasteiger partial charge in [-0.1, -0.05) is 0 Å². The first kappa shape index (κ1) is 16.0. The minimum absolute atomic E-state index is 0.894. The summed E-state index contributed by atoms with van der Waals surface area (Å²) in [5.41, 5.74) is 0. The van der Waals surface area contributed by atoms with Gasteiger partial charge < -0.3 is 0 Å². The molecule has 0 spiro atoms. The van der Waals surface area contributed by atoms with Crippen LogP contribution in [0, 0.1) is 0 Å². The van der Waals surface area contributed by atoms with Gasteiger partial charge in [0.1, 0.15) is 0 Å². The van der Waals surface area contributed by atoms with Gasteiger partial charge in [0.05, 0.1) is 0 Å². The van der Waals surface area contributed by atoms with E-state index in [1.807, 2.05) is 0 Å². The molecule has 0 bridgehead atoms. The van der Waals surface area contributed by atoms with Gasteiger partial charge in [-0.05, 0) is 0 Å². The average Bonchev–Trinajstić information content (AvgIpc) is 2.21. The van der Waals surface area contributed by atoms with Crippen LogP contribution in [0.25, 0.3) is 0 Å². The topological polar surface area (TPSA) is 0 Å². The Morgan fingerprint density at radius 2 is 1.07 bits per heavy atom. The standard InChI is InChI=1S/C9H21PS3Se/c1-4-7-11-10(14,12-8-5-2)13-9-6-3/h4-9H2,1-3H3. The molecule has 0 amide bonds. The maximum atomic E-state index is 3.50. The van der Waals surface area contributed by atoms with Crippen molar-refractivity contribution in [3.05, 3.63) is 0 Å². The van der Waals surface area contributed by atoms with Gasteiger partial charge in [0.15, 0.2) is 0 Å². The van der Waals surface area contributed by atoms with Crippen LogP contribution in [-0.4, -0.2) is 32.4 Å². The fourth-order valence-electron chi connectivity index (χ4n) is 0.721. The van der Waals surface area contributed by atoms with Gasteiger partial charge in [0.25, 0.3) is 0 Å². The van der Waals surface area contributed by atoms with E-state index in [0.717, 1.165) is 0 Å². The number of hydrogen-bond acceptors (Lipinski definition) is 3. The molecule has 0 aromatic rings. The molecule has 0 aliphatic carbocycles. The van der Waals surface area contributed by atoms with Crippen molar-refractivity contribution in [2.75, 3.05) is 17.3 Å². The first-order valence-electron chi connectivity index (χ1n) is 5.22. The predicted molar refractivity (Wildman–Crippen MR) is 80.9 cm³/mol. The second-order valence-electron chi connectivity index (χ2n) is 2.95. The third-order valence-corrected chi connectivity index (χ3v) is 20.2. The fourth-order valence-corrected chi connectivity index (χ4v) is 16.7. The van der Waals surface area contributed by atoms with Gasteiger partial charge in [-0.2, -0.15) is 0 Å². The monoisotopic (exact) mass is 336 g/mol. The van der Waals surface area contributed by atoms with Gasteiger partial charge in [0, 0.05) is 0 Å². The van der Waals surface area contributed by atoms with E-state index >= 15 is 0 Å². The quantitative estimate of drug-likeness (QED) is 0.416. The summed E-state index contributed by atoms with van der Waals surface area (Å²) in [7, 11) is 0. The van der Waals surface area contributed by atoms with Crippen LogP contribution in [-0.2, 0) is 0 Å². The Labute approximate surface area is 109 Å². The molecule has 14 heavy (non-hydrogen) atoms. The normalized spacial score (nSPS) is 11.9. The number of rotatable bonds is 9. The van der Waals surface area contributed by atoms with Gasteiger partial charge in [-0.15, -0.1) is 0 Å². The molecular formula is C9H21PS3Se. The molecular weight excluding hydrogens is 314 g/mol. The summed E-state index contributed by atoms with van der Waals surface area (Å²) < 4.78 is -0.894. The third-order valence-electron chi connectivity index (χ3n) is 1.36. The predicted octanol–water partition coefficient (Wildman–Crippen LogP) is 5.26. The van der Waals surface area contributed by atoms with Crippen molar-refractivity contribution in [1.82, 2.24) is 0 Å². The summed E-state index contributed by atoms with van der Waals surface area (Å²) in [4.78, 5) is 0. The molecule has 0 radical (unpaired) electrons. The Morgan fingerprint density at radius 1 is 0.786 bits per heavy atom. The van der Waals surface area contributed by atoms with Gasteiger partial charge in [0.2, 0.25) is 0 Å². The van der Waals surface area contributed by atoms with Crippen LogP contribution >= 0.6 is 37.3 Å². The van der Waals surface area contributed by atoms with Crippen LogP contribution in [0.4, 0.5) is 0 Å². The van der Waals surface area contributed by atoms with E-state index in [-0.39, 0.29) is 0 Å². The minimum atomic E-state index is -0.894. The summed E-state index contributed by atoms with van der Waals surface area (Å²) >= 11 is 10.1. The molecule has 0 heterocycles. The van der Waals surface area contributed by atoms with E-state index in [2.05, 4.69) is 70.0 Å². The zero-order chi connectivity index (χ0) is 10.9. The molecule has 0 fully saturated rings. The van der Waals surface area contributed by atoms with Crippen LogP contribution in [0.2, 0.25) is 0 Å². The molecule has 0 saturated heterocycles. The van der Waals surface area contributed by atoms with Crippen LogP contribution < -0.4 is 0 Å². The van der Waals surface area contributed by atoms with Crippen molar-refractivity contribution in [1.29, 1.82) is 0 Å². The Morgan fingerprint density at radius 3 is 1.29 bits per heavy atom. The average molecular weight is 335 g/mol. The second-order valence-corrected chi connectivity index (χ2v) is 23.3. The molecule has 0 aliphatic rings. The van der Waals surface area contributed by atoms with Crippen molar-refractivity contribution in [2.45, 2.75) is 40.0 Å². The molecule has 0 saturated carbocycles. The summed E-state index contributed by atoms with van der Waals surface area (Å²) in [6.07, 6.45) is 3.90. The molecule has 0 nitrogen and oxygen atoms in total. The molecule has 0 aliphatic heterocycles. The number of hydrogen-bond donors (Lipinski definition) is 0. The second kappa shape index (κ2) is 10.2.